The van der Waals surface area contributed by atoms with Gasteiger partial charge in [-0.25, -0.2) is 0 Å². The zero-order valence-electron chi connectivity index (χ0n) is 13.4. The number of amides is 2. The van der Waals surface area contributed by atoms with E-state index < -0.39 is 0 Å². The van der Waals surface area contributed by atoms with Crippen LogP contribution in [0.4, 0.5) is 5.69 Å². The fourth-order valence-corrected chi connectivity index (χ4v) is 2.72. The highest BCUT2D eigenvalue weighted by atomic mass is 16.5. The molecule has 3 heterocycles. The lowest BCUT2D eigenvalue weighted by Gasteiger charge is -2.19. The number of nitrogens with zero attached hydrogens (tertiary/aromatic N) is 3. The molecular formula is C17H15N5O3. The van der Waals surface area contributed by atoms with Crippen LogP contribution in [0.25, 0.3) is 5.65 Å². The van der Waals surface area contributed by atoms with Crippen LogP contribution in [0.5, 0.6) is 5.75 Å². The number of hydrogen-bond donors (Lipinski definition) is 2. The van der Waals surface area contributed by atoms with E-state index in [0.29, 0.717) is 22.8 Å². The van der Waals surface area contributed by atoms with Crippen LogP contribution in [0.15, 0.2) is 42.6 Å². The Hall–Kier alpha value is -3.42. The average Bonchev–Trinajstić information content (AvgIpc) is 3.05. The predicted octanol–water partition coefficient (Wildman–Crippen LogP) is 1.55. The molecule has 0 spiro atoms. The van der Waals surface area contributed by atoms with Crippen molar-refractivity contribution in [3.8, 4) is 5.75 Å². The molecule has 8 heteroatoms. The molecule has 0 fully saturated rings. The van der Waals surface area contributed by atoms with E-state index in [1.807, 2.05) is 35.7 Å². The summed E-state index contributed by atoms with van der Waals surface area (Å²) in [5.74, 6) is 0.652. The summed E-state index contributed by atoms with van der Waals surface area (Å²) in [5.41, 5.74) is 1.72. The Balaban J connectivity index is 1.54. The molecule has 1 atom stereocenters. The van der Waals surface area contributed by atoms with E-state index in [2.05, 4.69) is 20.8 Å². The number of carbonyl (C=O) groups is 2. The van der Waals surface area contributed by atoms with Gasteiger partial charge in [-0.05, 0) is 37.3 Å². The lowest BCUT2D eigenvalue weighted by molar-refractivity contribution is -0.118. The highest BCUT2D eigenvalue weighted by Crippen LogP contribution is 2.28. The Kier molecular flexibility index (Phi) is 3.57. The van der Waals surface area contributed by atoms with E-state index in [9.17, 15) is 9.59 Å². The van der Waals surface area contributed by atoms with Crippen LogP contribution in [-0.2, 0) is 4.79 Å². The molecule has 126 valence electrons. The number of carbonyl (C=O) groups excluding carboxylic acids is 2. The number of hydrogen-bond acceptors (Lipinski definition) is 5. The van der Waals surface area contributed by atoms with Crippen molar-refractivity contribution < 1.29 is 14.3 Å². The highest BCUT2D eigenvalue weighted by Gasteiger charge is 2.20. The van der Waals surface area contributed by atoms with Gasteiger partial charge in [0.2, 0.25) is 0 Å². The largest absolute Gasteiger partial charge is 0.482 e. The molecule has 0 bridgehead atoms. The Morgan fingerprint density at radius 1 is 1.32 bits per heavy atom. The minimum absolute atomic E-state index is 0.0553. The van der Waals surface area contributed by atoms with Gasteiger partial charge in [-0.3, -0.25) is 14.0 Å². The maximum Gasteiger partial charge on any atom is 0.262 e. The minimum Gasteiger partial charge on any atom is -0.482 e. The minimum atomic E-state index is -0.332. The van der Waals surface area contributed by atoms with Gasteiger partial charge in [0.25, 0.3) is 11.8 Å². The van der Waals surface area contributed by atoms with Gasteiger partial charge in [0.1, 0.15) is 5.75 Å². The summed E-state index contributed by atoms with van der Waals surface area (Å²) in [6.07, 6.45) is 1.85. The van der Waals surface area contributed by atoms with Crippen molar-refractivity contribution in [2.75, 3.05) is 11.9 Å². The lowest BCUT2D eigenvalue weighted by Crippen LogP contribution is -2.29. The first-order valence-electron chi connectivity index (χ1n) is 7.79. The van der Waals surface area contributed by atoms with Crippen molar-refractivity contribution in [1.29, 1.82) is 0 Å². The number of rotatable bonds is 3. The molecule has 0 radical (unpaired) electrons. The summed E-state index contributed by atoms with van der Waals surface area (Å²) in [6.45, 7) is 1.79. The number of aromatic nitrogens is 3. The number of benzene rings is 1. The van der Waals surface area contributed by atoms with Gasteiger partial charge in [0, 0.05) is 11.8 Å². The molecule has 0 aliphatic carbocycles. The molecule has 2 aromatic heterocycles. The third kappa shape index (κ3) is 2.78. The molecule has 1 aliphatic heterocycles. The molecular weight excluding hydrogens is 322 g/mol. The number of nitrogens with one attached hydrogen (secondary N) is 2. The summed E-state index contributed by atoms with van der Waals surface area (Å²) in [5, 5.41) is 13.8. The molecule has 3 aromatic rings. The van der Waals surface area contributed by atoms with E-state index in [1.54, 1.807) is 18.2 Å². The quantitative estimate of drug-likeness (QED) is 0.756. The third-order valence-corrected chi connectivity index (χ3v) is 3.95. The molecule has 0 unspecified atom stereocenters. The van der Waals surface area contributed by atoms with Gasteiger partial charge in [-0.2, -0.15) is 0 Å². The number of ether oxygens (including phenoxy) is 1. The van der Waals surface area contributed by atoms with Crippen molar-refractivity contribution >= 4 is 23.1 Å². The maximum atomic E-state index is 12.5. The maximum absolute atomic E-state index is 12.5. The van der Waals surface area contributed by atoms with Gasteiger partial charge in [0.15, 0.2) is 18.1 Å². The van der Waals surface area contributed by atoms with Crippen LogP contribution >= 0.6 is 0 Å². The fourth-order valence-electron chi connectivity index (χ4n) is 2.72. The van der Waals surface area contributed by atoms with Gasteiger partial charge in [-0.1, -0.05) is 6.07 Å². The summed E-state index contributed by atoms with van der Waals surface area (Å²) >= 11 is 0. The van der Waals surface area contributed by atoms with Crippen LogP contribution in [0.1, 0.15) is 29.1 Å². The molecule has 0 saturated heterocycles. The fraction of sp³-hybridized carbons (Fsp3) is 0.176. The molecule has 1 aliphatic rings. The summed E-state index contributed by atoms with van der Waals surface area (Å²) < 4.78 is 7.17. The Morgan fingerprint density at radius 2 is 2.20 bits per heavy atom. The molecule has 25 heavy (non-hydrogen) atoms. The Morgan fingerprint density at radius 3 is 3.08 bits per heavy atom. The molecule has 0 saturated carbocycles. The second-order valence-electron chi connectivity index (χ2n) is 5.73. The van der Waals surface area contributed by atoms with Crippen LogP contribution in [-0.4, -0.2) is 33.0 Å². The van der Waals surface area contributed by atoms with Crippen LogP contribution in [0.3, 0.4) is 0 Å². The monoisotopic (exact) mass is 337 g/mol. The number of pyridine rings is 1. The van der Waals surface area contributed by atoms with Crippen LogP contribution < -0.4 is 15.4 Å². The third-order valence-electron chi connectivity index (χ3n) is 3.95. The summed E-state index contributed by atoms with van der Waals surface area (Å²) in [4.78, 5) is 23.8. The van der Waals surface area contributed by atoms with Crippen LogP contribution in [0.2, 0.25) is 0 Å². The second kappa shape index (κ2) is 5.90. The van der Waals surface area contributed by atoms with Gasteiger partial charge >= 0.3 is 0 Å². The first-order valence-corrected chi connectivity index (χ1v) is 7.79. The molecule has 8 nitrogen and oxygen atoms in total. The lowest BCUT2D eigenvalue weighted by atomic mass is 10.1. The molecule has 2 N–H and O–H groups in total. The van der Waals surface area contributed by atoms with E-state index in [4.69, 9.17) is 4.74 Å². The van der Waals surface area contributed by atoms with Crippen molar-refractivity contribution in [2.24, 2.45) is 0 Å². The normalized spacial score (nSPS) is 14.4. The summed E-state index contributed by atoms with van der Waals surface area (Å²) in [6, 6.07) is 10.2. The van der Waals surface area contributed by atoms with E-state index >= 15 is 0 Å². The first kappa shape index (κ1) is 15.1. The van der Waals surface area contributed by atoms with Gasteiger partial charge < -0.3 is 15.4 Å². The number of anilines is 1. The molecule has 4 rings (SSSR count). The zero-order chi connectivity index (χ0) is 17.4. The Bertz CT molecular complexity index is 981. The number of fused-ring (bicyclic) bond motifs is 2. The topological polar surface area (TPSA) is 97.6 Å². The van der Waals surface area contributed by atoms with Crippen molar-refractivity contribution in [3.05, 3.63) is 54.0 Å². The SMILES string of the molecule is C[C@H](NC(=O)c1ccc2c(c1)OCC(=O)N2)c1nnc2ccccn12. The molecule has 2 amide bonds. The zero-order valence-corrected chi connectivity index (χ0v) is 13.4. The van der Waals surface area contributed by atoms with Gasteiger partial charge in [0.05, 0.1) is 11.7 Å². The van der Waals surface area contributed by atoms with Gasteiger partial charge in [-0.15, -0.1) is 10.2 Å². The van der Waals surface area contributed by atoms with E-state index in [0.717, 1.165) is 5.65 Å². The Labute approximate surface area is 142 Å². The summed E-state index contributed by atoms with van der Waals surface area (Å²) in [7, 11) is 0. The average molecular weight is 337 g/mol. The molecule has 1 aromatic carbocycles. The smallest absolute Gasteiger partial charge is 0.262 e. The van der Waals surface area contributed by atoms with E-state index in [-0.39, 0.29) is 24.5 Å². The van der Waals surface area contributed by atoms with Crippen molar-refractivity contribution in [3.63, 3.8) is 0 Å². The highest BCUT2D eigenvalue weighted by molar-refractivity contribution is 5.99. The van der Waals surface area contributed by atoms with E-state index in [1.165, 1.54) is 0 Å². The predicted molar refractivity (Wildman–Crippen MR) is 89.4 cm³/mol. The van der Waals surface area contributed by atoms with Crippen LogP contribution in [0, 0.1) is 0 Å². The van der Waals surface area contributed by atoms with Crippen molar-refractivity contribution in [2.45, 2.75) is 13.0 Å². The first-order chi connectivity index (χ1) is 12.1. The second-order valence-corrected chi connectivity index (χ2v) is 5.73. The standard InChI is InChI=1S/C17H15N5O3/c1-10(16-21-20-14-4-2-3-7-22(14)16)18-17(24)11-5-6-12-13(8-11)25-9-15(23)19-12/h2-8,10H,9H2,1H3,(H,18,24)(H,19,23)/t10-/m0/s1. The van der Waals surface area contributed by atoms with Crippen molar-refractivity contribution in [1.82, 2.24) is 19.9 Å².